The maximum Gasteiger partial charge on any atom is 0.258 e. The molecule has 2 aliphatic heterocycles. The summed E-state index contributed by atoms with van der Waals surface area (Å²) in [6.07, 6.45) is 1.34. The lowest BCUT2D eigenvalue weighted by Gasteiger charge is -2.40. The van der Waals surface area contributed by atoms with E-state index in [0.717, 1.165) is 35.5 Å². The summed E-state index contributed by atoms with van der Waals surface area (Å²) >= 11 is 16.3. The second kappa shape index (κ2) is 19.8. The molecule has 0 saturated carbocycles. The van der Waals surface area contributed by atoms with E-state index in [1.54, 1.807) is 47.4 Å². The first-order valence-electron chi connectivity index (χ1n) is 18.9. The first-order chi connectivity index (χ1) is 29.1. The third kappa shape index (κ3) is 11.4. The summed E-state index contributed by atoms with van der Waals surface area (Å²) in [6.45, 7) is 3.97. The summed E-state index contributed by atoms with van der Waals surface area (Å²) in [4.78, 5) is 25.3. The molecule has 6 aromatic carbocycles. The molecule has 6 aromatic rings. The second-order valence-corrected chi connectivity index (χ2v) is 15.6. The quantitative estimate of drug-likeness (QED) is 0.115. The molecule has 8 rings (SSSR count). The molecule has 3 N–H and O–H groups in total. The molecular formula is C46H37Cl3F6N4O2. The van der Waals surface area contributed by atoms with Gasteiger partial charge in [0.15, 0.2) is 0 Å². The Kier molecular flexibility index (Phi) is 14.6. The smallest absolute Gasteiger partial charge is 0.258 e. The fourth-order valence-corrected chi connectivity index (χ4v) is 7.54. The Labute approximate surface area is 363 Å². The first kappa shape index (κ1) is 44.9. The highest BCUT2D eigenvalue weighted by Crippen LogP contribution is 2.41. The van der Waals surface area contributed by atoms with Gasteiger partial charge in [0, 0.05) is 57.1 Å². The molecule has 2 heterocycles. The van der Waals surface area contributed by atoms with Crippen molar-refractivity contribution in [2.75, 3.05) is 20.9 Å². The van der Waals surface area contributed by atoms with E-state index in [1.165, 1.54) is 66.7 Å². The molecule has 4 atom stereocenters. The summed E-state index contributed by atoms with van der Waals surface area (Å²) in [5.74, 6) is -2.80. The van der Waals surface area contributed by atoms with Gasteiger partial charge >= 0.3 is 0 Å². The van der Waals surface area contributed by atoms with Crippen LogP contribution in [0.15, 0.2) is 121 Å². The monoisotopic (exact) mass is 896 g/mol. The van der Waals surface area contributed by atoms with Gasteiger partial charge in [-0.25, -0.2) is 26.3 Å². The van der Waals surface area contributed by atoms with Gasteiger partial charge in [-0.05, 0) is 160 Å². The Morgan fingerprint density at radius 1 is 0.590 bits per heavy atom. The third-order valence-electron chi connectivity index (χ3n) is 9.92. The van der Waals surface area contributed by atoms with Gasteiger partial charge in [-0.2, -0.15) is 0 Å². The Balaban J connectivity index is 0.000000172. The number of fused-ring (bicyclic) bond motifs is 2. The highest BCUT2D eigenvalue weighted by atomic mass is 35.5. The molecule has 2 aliphatic rings. The van der Waals surface area contributed by atoms with Gasteiger partial charge in [0.05, 0.1) is 22.1 Å². The van der Waals surface area contributed by atoms with Gasteiger partial charge in [-0.15, -0.1) is 0 Å². The van der Waals surface area contributed by atoms with Crippen LogP contribution in [0.2, 0.25) is 10.0 Å². The molecule has 0 spiro atoms. The minimum atomic E-state index is -0.646. The van der Waals surface area contributed by atoms with Crippen LogP contribution >= 0.6 is 34.8 Å². The van der Waals surface area contributed by atoms with Crippen molar-refractivity contribution in [3.05, 3.63) is 189 Å². The van der Waals surface area contributed by atoms with Crippen LogP contribution in [0.3, 0.4) is 0 Å². The van der Waals surface area contributed by atoms with Crippen molar-refractivity contribution in [1.82, 2.24) is 0 Å². The summed E-state index contributed by atoms with van der Waals surface area (Å²) in [6, 6.07) is 28.3. The fourth-order valence-electron chi connectivity index (χ4n) is 7.06. The molecule has 6 nitrogen and oxygen atoms in total. The summed E-state index contributed by atoms with van der Waals surface area (Å²) in [5, 5.41) is 9.10. The third-order valence-corrected chi connectivity index (χ3v) is 10.7. The van der Waals surface area contributed by atoms with Crippen LogP contribution in [0, 0.1) is 34.9 Å². The molecule has 0 bridgehead atoms. The largest absolute Gasteiger partial charge is 0.382 e. The van der Waals surface area contributed by atoms with Crippen LogP contribution in [0.25, 0.3) is 0 Å². The minimum absolute atomic E-state index is 0.0161. The van der Waals surface area contributed by atoms with Gasteiger partial charge < -0.3 is 20.9 Å². The van der Waals surface area contributed by atoms with E-state index in [1.807, 2.05) is 6.92 Å². The zero-order chi connectivity index (χ0) is 44.0. The SMILES string of the molecule is C[C@@H]1C[C@H](Nc2ccc(F)cc2)c2cc(F)ccc2N1.C[C@@H]1C[C@H](Nc2ccc(F)cc2)c2cc(F)ccc2N1C(=O)c1ccc(F)c(Cl)c1.O=C(Cl)c1ccc(F)c(Cl)c1. The number of rotatable bonds is 6. The Hall–Kier alpha value is -5.69. The van der Waals surface area contributed by atoms with Crippen LogP contribution < -0.4 is 20.9 Å². The lowest BCUT2D eigenvalue weighted by molar-refractivity contribution is 0.0973. The maximum absolute atomic E-state index is 14.1. The standard InChI is InChI=1S/C23H18ClF3N2O.C16H16F2N2.C7H3Cl2FO/c1-13-10-21(28-17-6-3-15(25)4-7-17)18-12-16(26)5-9-22(18)29(13)23(30)14-2-8-20(27)19(24)11-14;1-10-8-16(20-13-5-2-11(17)3-6-13)14-9-12(18)4-7-15(14)19-10;8-5-3-4(7(9)11)1-2-6(5)10/h2-9,11-13,21,28H,10H2,1H3;2-7,9-10,16,19-20H,8H2,1H3;1-3H/t13-,21+;10-,16+;/m11./s1. The van der Waals surface area contributed by atoms with E-state index in [2.05, 4.69) is 22.9 Å². The maximum atomic E-state index is 14.1. The Morgan fingerprint density at radius 2 is 1.07 bits per heavy atom. The molecule has 0 radical (unpaired) electrons. The normalized spacial score (nSPS) is 17.5. The van der Waals surface area contributed by atoms with Crippen LogP contribution in [0.5, 0.6) is 0 Å². The van der Waals surface area contributed by atoms with Gasteiger partial charge in [-0.3, -0.25) is 9.59 Å². The van der Waals surface area contributed by atoms with Crippen molar-refractivity contribution < 1.29 is 35.9 Å². The van der Waals surface area contributed by atoms with Crippen LogP contribution in [-0.4, -0.2) is 23.2 Å². The van der Waals surface area contributed by atoms with Crippen molar-refractivity contribution in [3.63, 3.8) is 0 Å². The van der Waals surface area contributed by atoms with E-state index in [-0.39, 0.29) is 62.7 Å². The van der Waals surface area contributed by atoms with Crippen molar-refractivity contribution in [2.24, 2.45) is 0 Å². The van der Waals surface area contributed by atoms with Crippen LogP contribution in [0.1, 0.15) is 70.6 Å². The van der Waals surface area contributed by atoms with Crippen molar-refractivity contribution in [2.45, 2.75) is 50.9 Å². The van der Waals surface area contributed by atoms with Gasteiger partial charge in [0.2, 0.25) is 0 Å². The summed E-state index contributed by atoms with van der Waals surface area (Å²) < 4.78 is 79.7. The van der Waals surface area contributed by atoms with Crippen LogP contribution in [0.4, 0.5) is 49.1 Å². The van der Waals surface area contributed by atoms with Crippen molar-refractivity contribution in [3.8, 4) is 0 Å². The Morgan fingerprint density at radius 3 is 1.61 bits per heavy atom. The zero-order valence-electron chi connectivity index (χ0n) is 32.4. The number of anilines is 4. The summed E-state index contributed by atoms with van der Waals surface area (Å²) in [7, 11) is 0. The number of nitrogens with zero attached hydrogens (tertiary/aromatic N) is 1. The van der Waals surface area contributed by atoms with Crippen molar-refractivity contribution >= 4 is 68.7 Å². The number of hydrogen-bond donors (Lipinski definition) is 3. The molecule has 0 fully saturated rings. The minimum Gasteiger partial charge on any atom is -0.382 e. The lowest BCUT2D eigenvalue weighted by Crippen LogP contribution is -2.44. The molecule has 15 heteroatoms. The van der Waals surface area contributed by atoms with Crippen LogP contribution in [-0.2, 0) is 0 Å². The number of halogens is 9. The van der Waals surface area contributed by atoms with E-state index in [0.29, 0.717) is 29.4 Å². The van der Waals surface area contributed by atoms with E-state index in [4.69, 9.17) is 34.8 Å². The number of carbonyl (C=O) groups excluding carboxylic acids is 2. The molecule has 1 amide bonds. The highest BCUT2D eigenvalue weighted by molar-refractivity contribution is 6.67. The van der Waals surface area contributed by atoms with Gasteiger partial charge in [0.25, 0.3) is 11.1 Å². The van der Waals surface area contributed by atoms with Gasteiger partial charge in [0.1, 0.15) is 34.9 Å². The molecule has 316 valence electrons. The Bertz CT molecular complexity index is 2530. The number of carbonyl (C=O) groups is 2. The van der Waals surface area contributed by atoms with E-state index < -0.39 is 22.7 Å². The zero-order valence-corrected chi connectivity index (χ0v) is 34.7. The average Bonchev–Trinajstić information content (AvgIpc) is 3.22. The molecule has 0 aliphatic carbocycles. The average molecular weight is 898 g/mol. The van der Waals surface area contributed by atoms with E-state index >= 15 is 0 Å². The molecule has 61 heavy (non-hydrogen) atoms. The molecule has 0 unspecified atom stereocenters. The molecular weight excluding hydrogens is 861 g/mol. The molecule has 0 aromatic heterocycles. The molecule has 0 saturated heterocycles. The number of benzene rings is 6. The predicted molar refractivity (Wildman–Crippen MR) is 230 cm³/mol. The predicted octanol–water partition coefficient (Wildman–Crippen LogP) is 13.5. The number of amides is 1. The lowest BCUT2D eigenvalue weighted by atomic mass is 9.90. The summed E-state index contributed by atoms with van der Waals surface area (Å²) in [5.41, 5.74) is 4.98. The second-order valence-electron chi connectivity index (χ2n) is 14.4. The first-order valence-corrected chi connectivity index (χ1v) is 20.0. The number of nitrogens with one attached hydrogen (secondary N) is 3. The highest BCUT2D eigenvalue weighted by Gasteiger charge is 2.35. The van der Waals surface area contributed by atoms with Gasteiger partial charge in [-0.1, -0.05) is 23.2 Å². The number of hydrogen-bond acceptors (Lipinski definition) is 5. The van der Waals surface area contributed by atoms with E-state index in [9.17, 15) is 35.9 Å². The topological polar surface area (TPSA) is 73.5 Å². The van der Waals surface area contributed by atoms with Crippen molar-refractivity contribution in [1.29, 1.82) is 0 Å². The fraction of sp³-hybridized carbons (Fsp3) is 0.174.